The highest BCUT2D eigenvalue weighted by atomic mass is 19.4. The first-order chi connectivity index (χ1) is 10.0. The predicted molar refractivity (Wildman–Crippen MR) is 69.5 cm³/mol. The van der Waals surface area contributed by atoms with Crippen molar-refractivity contribution in [2.24, 2.45) is 0 Å². The molecule has 7 heteroatoms. The van der Waals surface area contributed by atoms with Gasteiger partial charge in [-0.1, -0.05) is 17.3 Å². The van der Waals surface area contributed by atoms with Crippen LogP contribution in [0, 0.1) is 0 Å². The Morgan fingerprint density at radius 2 is 2.10 bits per heavy atom. The molecule has 0 saturated heterocycles. The molecule has 112 valence electrons. The first-order valence-corrected chi connectivity index (χ1v) is 6.76. The molecule has 0 bridgehead atoms. The van der Waals surface area contributed by atoms with Gasteiger partial charge in [0, 0.05) is 24.6 Å². The Morgan fingerprint density at radius 1 is 1.29 bits per heavy atom. The Labute approximate surface area is 119 Å². The van der Waals surface area contributed by atoms with Crippen LogP contribution in [0.3, 0.4) is 0 Å². The molecule has 0 unspecified atom stereocenters. The zero-order valence-corrected chi connectivity index (χ0v) is 11.2. The van der Waals surface area contributed by atoms with Gasteiger partial charge in [0.2, 0.25) is 11.7 Å². The number of benzene rings is 1. The first kappa shape index (κ1) is 14.1. The molecule has 2 aromatic rings. The number of nitrogens with zero attached hydrogens (tertiary/aromatic N) is 2. The molecule has 0 atom stereocenters. The summed E-state index contributed by atoms with van der Waals surface area (Å²) in [7, 11) is 0. The van der Waals surface area contributed by atoms with Crippen LogP contribution in [0.25, 0.3) is 11.4 Å². The Morgan fingerprint density at radius 3 is 2.81 bits per heavy atom. The van der Waals surface area contributed by atoms with Crippen molar-refractivity contribution in [1.82, 2.24) is 15.5 Å². The fraction of sp³-hybridized carbons (Fsp3) is 0.429. The van der Waals surface area contributed by atoms with Crippen molar-refractivity contribution in [2.45, 2.75) is 31.5 Å². The summed E-state index contributed by atoms with van der Waals surface area (Å²) in [6.07, 6.45) is -1.42. The van der Waals surface area contributed by atoms with E-state index in [1.54, 1.807) is 0 Å². The van der Waals surface area contributed by atoms with E-state index in [4.69, 9.17) is 4.52 Å². The van der Waals surface area contributed by atoms with Crippen molar-refractivity contribution in [3.05, 3.63) is 35.7 Å². The molecule has 1 aromatic carbocycles. The normalized spacial score (nSPS) is 15.4. The van der Waals surface area contributed by atoms with E-state index in [-0.39, 0.29) is 5.82 Å². The highest BCUT2D eigenvalue weighted by molar-refractivity contribution is 5.55. The third-order valence-electron chi connectivity index (χ3n) is 3.27. The van der Waals surface area contributed by atoms with Gasteiger partial charge in [-0.15, -0.1) is 0 Å². The highest BCUT2D eigenvalue weighted by Crippen LogP contribution is 2.31. The van der Waals surface area contributed by atoms with Crippen molar-refractivity contribution >= 4 is 0 Å². The summed E-state index contributed by atoms with van der Waals surface area (Å²) in [5.74, 6) is 0.609. The number of alkyl halides is 3. The lowest BCUT2D eigenvalue weighted by Gasteiger charge is -2.06. The second-order valence-corrected chi connectivity index (χ2v) is 5.07. The first-order valence-electron chi connectivity index (χ1n) is 6.76. The Kier molecular flexibility index (Phi) is 3.67. The molecule has 1 N–H and O–H groups in total. The van der Waals surface area contributed by atoms with Crippen LogP contribution in [0.15, 0.2) is 28.8 Å². The average molecular weight is 297 g/mol. The topological polar surface area (TPSA) is 51.0 Å². The van der Waals surface area contributed by atoms with Crippen LogP contribution in [0.4, 0.5) is 13.2 Å². The molecule has 1 heterocycles. The maximum atomic E-state index is 12.7. The van der Waals surface area contributed by atoms with Crippen LogP contribution in [0.2, 0.25) is 0 Å². The molecule has 1 fully saturated rings. The lowest BCUT2D eigenvalue weighted by Crippen LogP contribution is -2.19. The van der Waals surface area contributed by atoms with Crippen LogP contribution in [0.1, 0.15) is 24.3 Å². The molecular formula is C14H14F3N3O. The molecule has 0 aliphatic heterocycles. The zero-order chi connectivity index (χ0) is 14.9. The monoisotopic (exact) mass is 297 g/mol. The molecule has 1 saturated carbocycles. The highest BCUT2D eigenvalue weighted by Gasteiger charge is 2.30. The fourth-order valence-corrected chi connectivity index (χ4v) is 1.98. The number of rotatable bonds is 5. The van der Waals surface area contributed by atoms with Gasteiger partial charge in [0.1, 0.15) is 0 Å². The quantitative estimate of drug-likeness (QED) is 0.921. The van der Waals surface area contributed by atoms with Crippen molar-refractivity contribution in [2.75, 3.05) is 6.54 Å². The van der Waals surface area contributed by atoms with Crippen molar-refractivity contribution in [3.8, 4) is 11.4 Å². The van der Waals surface area contributed by atoms with E-state index in [2.05, 4.69) is 15.5 Å². The molecule has 1 aliphatic carbocycles. The molecule has 4 nitrogen and oxygen atoms in total. The summed E-state index contributed by atoms with van der Waals surface area (Å²) in [5, 5.41) is 7.05. The molecule has 1 aromatic heterocycles. The van der Waals surface area contributed by atoms with Gasteiger partial charge in [-0.3, -0.25) is 0 Å². The maximum Gasteiger partial charge on any atom is 0.416 e. The standard InChI is InChI=1S/C14H14F3N3O/c15-14(16,17)10-3-1-2-9(8-10)13-19-12(21-20-13)6-7-18-11-4-5-11/h1-3,8,11,18H,4-7H2. The van der Waals surface area contributed by atoms with Crippen molar-refractivity contribution < 1.29 is 17.7 Å². The van der Waals surface area contributed by atoms with Gasteiger partial charge in [0.25, 0.3) is 0 Å². The summed E-state index contributed by atoms with van der Waals surface area (Å²) >= 11 is 0. The third-order valence-corrected chi connectivity index (χ3v) is 3.27. The van der Waals surface area contributed by atoms with Crippen LogP contribution in [-0.2, 0) is 12.6 Å². The van der Waals surface area contributed by atoms with Crippen LogP contribution in [-0.4, -0.2) is 22.7 Å². The van der Waals surface area contributed by atoms with Gasteiger partial charge in [-0.25, -0.2) is 0 Å². The van der Waals surface area contributed by atoms with Crippen molar-refractivity contribution in [1.29, 1.82) is 0 Å². The summed E-state index contributed by atoms with van der Waals surface area (Å²) in [6.45, 7) is 0.731. The second-order valence-electron chi connectivity index (χ2n) is 5.07. The SMILES string of the molecule is FC(F)(F)c1cccc(-c2noc(CCNC3CC3)n2)c1. The number of hydrogen-bond acceptors (Lipinski definition) is 4. The maximum absolute atomic E-state index is 12.7. The van der Waals surface area contributed by atoms with E-state index >= 15 is 0 Å². The van der Waals surface area contributed by atoms with Crippen LogP contribution < -0.4 is 5.32 Å². The van der Waals surface area contributed by atoms with E-state index in [9.17, 15) is 13.2 Å². The Balaban J connectivity index is 1.70. The molecule has 0 amide bonds. The van der Waals surface area contributed by atoms with Crippen LogP contribution >= 0.6 is 0 Å². The van der Waals surface area contributed by atoms with E-state index in [1.165, 1.54) is 25.0 Å². The Hall–Kier alpha value is -1.89. The van der Waals surface area contributed by atoms with E-state index in [1.807, 2.05) is 0 Å². The average Bonchev–Trinajstić information content (AvgIpc) is 3.14. The fourth-order valence-electron chi connectivity index (χ4n) is 1.98. The number of hydrogen-bond donors (Lipinski definition) is 1. The summed E-state index contributed by atoms with van der Waals surface area (Å²) < 4.78 is 43.1. The Bertz CT molecular complexity index is 620. The molecular weight excluding hydrogens is 283 g/mol. The minimum absolute atomic E-state index is 0.183. The van der Waals surface area contributed by atoms with Gasteiger partial charge < -0.3 is 9.84 Å². The number of nitrogens with one attached hydrogen (secondary N) is 1. The summed E-state index contributed by atoms with van der Waals surface area (Å²) in [6, 6.07) is 5.51. The smallest absolute Gasteiger partial charge is 0.339 e. The lowest BCUT2D eigenvalue weighted by molar-refractivity contribution is -0.137. The largest absolute Gasteiger partial charge is 0.416 e. The molecule has 0 spiro atoms. The third kappa shape index (κ3) is 3.60. The predicted octanol–water partition coefficient (Wildman–Crippen LogP) is 3.05. The van der Waals surface area contributed by atoms with Gasteiger partial charge in [0.15, 0.2) is 0 Å². The van der Waals surface area contributed by atoms with Gasteiger partial charge in [-0.05, 0) is 25.0 Å². The summed E-state index contributed by atoms with van der Waals surface area (Å²) in [4.78, 5) is 4.14. The number of aromatic nitrogens is 2. The lowest BCUT2D eigenvalue weighted by atomic mass is 10.1. The second kappa shape index (κ2) is 5.48. The van der Waals surface area contributed by atoms with E-state index in [0.29, 0.717) is 23.9 Å². The molecule has 1 aliphatic rings. The van der Waals surface area contributed by atoms with E-state index in [0.717, 1.165) is 18.7 Å². The number of halogens is 3. The van der Waals surface area contributed by atoms with Crippen LogP contribution in [0.5, 0.6) is 0 Å². The van der Waals surface area contributed by atoms with Crippen molar-refractivity contribution in [3.63, 3.8) is 0 Å². The molecule has 0 radical (unpaired) electrons. The van der Waals surface area contributed by atoms with E-state index < -0.39 is 11.7 Å². The minimum atomic E-state index is -4.38. The molecule has 3 rings (SSSR count). The summed E-state index contributed by atoms with van der Waals surface area (Å²) in [5.41, 5.74) is -0.420. The zero-order valence-electron chi connectivity index (χ0n) is 11.2. The van der Waals surface area contributed by atoms with Gasteiger partial charge in [0.05, 0.1) is 5.56 Å². The van der Waals surface area contributed by atoms with Gasteiger partial charge in [-0.2, -0.15) is 18.2 Å². The molecule has 21 heavy (non-hydrogen) atoms. The minimum Gasteiger partial charge on any atom is -0.339 e. The van der Waals surface area contributed by atoms with Gasteiger partial charge >= 0.3 is 6.18 Å².